The fourth-order valence-electron chi connectivity index (χ4n) is 2.03. The van der Waals surface area contributed by atoms with Gasteiger partial charge in [0.05, 0.1) is 0 Å². The Labute approximate surface area is 135 Å². The lowest BCUT2D eigenvalue weighted by Gasteiger charge is -2.05. The monoisotopic (exact) mass is 318 g/mol. The average molecular weight is 318 g/mol. The number of aromatic nitrogens is 1. The molecule has 0 saturated carbocycles. The second kappa shape index (κ2) is 8.06. The lowest BCUT2D eigenvalue weighted by molar-refractivity contribution is 0.0944. The van der Waals surface area contributed by atoms with Crippen molar-refractivity contribution >= 4 is 17.2 Å². The molecule has 1 heterocycles. The maximum absolute atomic E-state index is 12.0. The zero-order chi connectivity index (χ0) is 15.9. The highest BCUT2D eigenvalue weighted by molar-refractivity contribution is 7.13. The molecule has 0 bridgehead atoms. The molecule has 1 amide bonds. The van der Waals surface area contributed by atoms with Crippen LogP contribution < -0.4 is 5.32 Å². The molecule has 22 heavy (non-hydrogen) atoms. The van der Waals surface area contributed by atoms with Crippen molar-refractivity contribution < 1.29 is 9.53 Å². The Hall–Kier alpha value is -1.72. The first-order valence-electron chi connectivity index (χ1n) is 7.45. The van der Waals surface area contributed by atoms with E-state index in [2.05, 4.69) is 48.4 Å². The van der Waals surface area contributed by atoms with E-state index >= 15 is 0 Å². The quantitative estimate of drug-likeness (QED) is 0.792. The summed E-state index contributed by atoms with van der Waals surface area (Å²) in [5.41, 5.74) is 2.83. The van der Waals surface area contributed by atoms with Gasteiger partial charge in [-0.05, 0) is 17.9 Å². The van der Waals surface area contributed by atoms with E-state index in [4.69, 9.17) is 4.74 Å². The maximum atomic E-state index is 12.0. The summed E-state index contributed by atoms with van der Waals surface area (Å²) in [5.74, 6) is 0.385. The Balaban J connectivity index is 1.99. The summed E-state index contributed by atoms with van der Waals surface area (Å²) in [4.78, 5) is 16.4. The van der Waals surface area contributed by atoms with Gasteiger partial charge in [0.1, 0.15) is 10.7 Å². The van der Waals surface area contributed by atoms with E-state index in [9.17, 15) is 4.79 Å². The Morgan fingerprint density at radius 3 is 2.68 bits per heavy atom. The highest BCUT2D eigenvalue weighted by Gasteiger charge is 2.11. The lowest BCUT2D eigenvalue weighted by atomic mass is 10.0. The van der Waals surface area contributed by atoms with Crippen LogP contribution in [0, 0.1) is 0 Å². The molecule has 1 N–H and O–H groups in total. The van der Waals surface area contributed by atoms with E-state index in [-0.39, 0.29) is 5.91 Å². The van der Waals surface area contributed by atoms with Gasteiger partial charge in [0.15, 0.2) is 0 Å². The molecule has 1 aromatic carbocycles. The highest BCUT2D eigenvalue weighted by atomic mass is 32.1. The maximum Gasteiger partial charge on any atom is 0.270 e. The zero-order valence-electron chi connectivity index (χ0n) is 13.3. The van der Waals surface area contributed by atoms with Gasteiger partial charge >= 0.3 is 0 Å². The Morgan fingerprint density at radius 2 is 2.05 bits per heavy atom. The van der Waals surface area contributed by atoms with Gasteiger partial charge in [-0.2, -0.15) is 0 Å². The first-order valence-corrected chi connectivity index (χ1v) is 8.32. The van der Waals surface area contributed by atoms with Crippen molar-refractivity contribution in [2.45, 2.75) is 26.2 Å². The van der Waals surface area contributed by atoms with Crippen LogP contribution in [0.15, 0.2) is 29.6 Å². The SMILES string of the molecule is COCCCNC(=O)c1csc(-c2ccc(C(C)C)cc2)n1. The molecule has 2 aromatic rings. The molecular weight excluding hydrogens is 296 g/mol. The number of carbonyl (C=O) groups is 1. The third-order valence-corrected chi connectivity index (χ3v) is 4.26. The zero-order valence-corrected chi connectivity index (χ0v) is 14.1. The van der Waals surface area contributed by atoms with E-state index in [1.54, 1.807) is 12.5 Å². The molecule has 0 spiro atoms. The summed E-state index contributed by atoms with van der Waals surface area (Å²) >= 11 is 1.49. The second-order valence-electron chi connectivity index (χ2n) is 5.42. The van der Waals surface area contributed by atoms with Gasteiger partial charge in [0.2, 0.25) is 0 Å². The van der Waals surface area contributed by atoms with Crippen molar-refractivity contribution in [2.24, 2.45) is 0 Å². The van der Waals surface area contributed by atoms with Crippen molar-refractivity contribution in [1.82, 2.24) is 10.3 Å². The van der Waals surface area contributed by atoms with Crippen molar-refractivity contribution in [3.05, 3.63) is 40.9 Å². The number of nitrogens with zero attached hydrogens (tertiary/aromatic N) is 1. The van der Waals surface area contributed by atoms with E-state index in [1.807, 2.05) is 0 Å². The van der Waals surface area contributed by atoms with Gasteiger partial charge in [-0.25, -0.2) is 4.98 Å². The molecule has 1 aromatic heterocycles. The predicted molar refractivity (Wildman–Crippen MR) is 90.5 cm³/mol. The average Bonchev–Trinajstić information content (AvgIpc) is 3.01. The van der Waals surface area contributed by atoms with Crippen molar-refractivity contribution in [2.75, 3.05) is 20.3 Å². The van der Waals surface area contributed by atoms with Gasteiger partial charge < -0.3 is 10.1 Å². The van der Waals surface area contributed by atoms with E-state index in [0.717, 1.165) is 17.0 Å². The smallest absolute Gasteiger partial charge is 0.270 e. The van der Waals surface area contributed by atoms with Crippen LogP contribution in [0.4, 0.5) is 0 Å². The van der Waals surface area contributed by atoms with Crippen molar-refractivity contribution in [3.63, 3.8) is 0 Å². The summed E-state index contributed by atoms with van der Waals surface area (Å²) in [7, 11) is 1.65. The summed E-state index contributed by atoms with van der Waals surface area (Å²) < 4.78 is 4.95. The first kappa shape index (κ1) is 16.6. The van der Waals surface area contributed by atoms with E-state index in [1.165, 1.54) is 16.9 Å². The first-order chi connectivity index (χ1) is 10.6. The number of thiazole rings is 1. The number of hydrogen-bond acceptors (Lipinski definition) is 4. The largest absolute Gasteiger partial charge is 0.385 e. The number of methoxy groups -OCH3 is 1. The van der Waals surface area contributed by atoms with Crippen LogP contribution in [0.2, 0.25) is 0 Å². The number of amides is 1. The number of hydrogen-bond donors (Lipinski definition) is 1. The number of ether oxygens (including phenoxy) is 1. The minimum absolute atomic E-state index is 0.127. The molecule has 0 fully saturated rings. The number of nitrogens with one attached hydrogen (secondary N) is 1. The molecule has 0 unspecified atom stereocenters. The summed E-state index contributed by atoms with van der Waals surface area (Å²) in [6, 6.07) is 8.36. The van der Waals surface area contributed by atoms with E-state index in [0.29, 0.717) is 24.8 Å². The lowest BCUT2D eigenvalue weighted by Crippen LogP contribution is -2.25. The molecule has 118 valence electrons. The van der Waals surface area contributed by atoms with Crippen LogP contribution in [-0.2, 0) is 4.74 Å². The van der Waals surface area contributed by atoms with Crippen LogP contribution in [0.25, 0.3) is 10.6 Å². The van der Waals surface area contributed by atoms with Gasteiger partial charge in [-0.15, -0.1) is 11.3 Å². The Bertz CT molecular complexity index is 605. The fourth-order valence-corrected chi connectivity index (χ4v) is 2.84. The molecule has 0 radical (unpaired) electrons. The Kier molecular flexibility index (Phi) is 6.10. The third-order valence-electron chi connectivity index (χ3n) is 3.37. The number of benzene rings is 1. The molecule has 4 nitrogen and oxygen atoms in total. The molecule has 0 aliphatic carbocycles. The minimum atomic E-state index is -0.127. The van der Waals surface area contributed by atoms with Crippen LogP contribution in [0.1, 0.15) is 42.2 Å². The van der Waals surface area contributed by atoms with Crippen LogP contribution in [0.3, 0.4) is 0 Å². The van der Waals surface area contributed by atoms with Gasteiger partial charge in [-0.3, -0.25) is 4.79 Å². The van der Waals surface area contributed by atoms with Crippen LogP contribution >= 0.6 is 11.3 Å². The normalized spacial score (nSPS) is 10.9. The van der Waals surface area contributed by atoms with Gasteiger partial charge in [0, 0.05) is 31.2 Å². The van der Waals surface area contributed by atoms with E-state index < -0.39 is 0 Å². The van der Waals surface area contributed by atoms with Crippen LogP contribution in [0.5, 0.6) is 0 Å². The second-order valence-corrected chi connectivity index (χ2v) is 6.27. The summed E-state index contributed by atoms with van der Waals surface area (Å²) in [5, 5.41) is 5.52. The van der Waals surface area contributed by atoms with Gasteiger partial charge in [-0.1, -0.05) is 38.1 Å². The highest BCUT2D eigenvalue weighted by Crippen LogP contribution is 2.25. The number of carbonyl (C=O) groups excluding carboxylic acids is 1. The topological polar surface area (TPSA) is 51.2 Å². The molecular formula is C17H22N2O2S. The Morgan fingerprint density at radius 1 is 1.32 bits per heavy atom. The van der Waals surface area contributed by atoms with Crippen LogP contribution in [-0.4, -0.2) is 31.2 Å². The molecule has 0 aliphatic heterocycles. The standard InChI is InChI=1S/C17H22N2O2S/c1-12(2)13-5-7-14(8-6-13)17-19-15(11-22-17)16(20)18-9-4-10-21-3/h5-8,11-12H,4,9-10H2,1-3H3,(H,18,20). The van der Waals surface area contributed by atoms with Gasteiger partial charge in [0.25, 0.3) is 5.91 Å². The molecule has 0 aliphatic rings. The number of rotatable bonds is 7. The fraction of sp³-hybridized carbons (Fsp3) is 0.412. The summed E-state index contributed by atoms with van der Waals surface area (Å²) in [6.45, 7) is 5.59. The molecule has 2 rings (SSSR count). The minimum Gasteiger partial charge on any atom is -0.385 e. The molecule has 0 atom stereocenters. The predicted octanol–water partition coefficient (Wildman–Crippen LogP) is 3.70. The van der Waals surface area contributed by atoms with Crippen molar-refractivity contribution in [1.29, 1.82) is 0 Å². The molecule has 0 saturated heterocycles. The third kappa shape index (κ3) is 4.39. The van der Waals surface area contributed by atoms with Crippen molar-refractivity contribution in [3.8, 4) is 10.6 Å². The summed E-state index contributed by atoms with van der Waals surface area (Å²) in [6.07, 6.45) is 0.801. The molecule has 5 heteroatoms.